The van der Waals surface area contributed by atoms with Crippen molar-refractivity contribution in [3.05, 3.63) is 64.4 Å². The largest absolute Gasteiger partial charge is 0.390 e. The second-order valence-corrected chi connectivity index (χ2v) is 11.9. The van der Waals surface area contributed by atoms with Crippen LogP contribution in [-0.2, 0) is 9.59 Å². The average molecular weight is 584 g/mol. The smallest absolute Gasteiger partial charge is 0.229 e. The van der Waals surface area contributed by atoms with Crippen molar-refractivity contribution in [1.29, 1.82) is 0 Å². The van der Waals surface area contributed by atoms with E-state index in [-0.39, 0.29) is 33.8 Å². The lowest BCUT2D eigenvalue weighted by atomic mass is 9.77. The molecule has 1 aliphatic heterocycles. The van der Waals surface area contributed by atoms with Crippen LogP contribution in [-0.4, -0.2) is 41.7 Å². The topological polar surface area (TPSA) is 90.5 Å². The van der Waals surface area contributed by atoms with E-state index in [1.54, 1.807) is 6.92 Å². The molecule has 10 heteroatoms. The average Bonchev–Trinajstić information content (AvgIpc) is 3.26. The number of benzene rings is 2. The summed E-state index contributed by atoms with van der Waals surface area (Å²) in [4.78, 5) is 23.0. The van der Waals surface area contributed by atoms with Crippen LogP contribution >= 0.6 is 11.6 Å². The van der Waals surface area contributed by atoms with Crippen molar-refractivity contribution >= 4 is 29.6 Å². The SMILES string of the molecule is CC.CC(C)(C)CC1NCC(c2cccc(F)c2F)C1C(=O)Nc1cccc(Cl)c1F.CC1(O)CC(NC=O)C1. The Kier molecular flexibility index (Phi) is 12.0. The minimum atomic E-state index is -0.957. The summed E-state index contributed by atoms with van der Waals surface area (Å²) in [6, 6.07) is 8.23. The van der Waals surface area contributed by atoms with Crippen molar-refractivity contribution in [2.24, 2.45) is 11.3 Å². The van der Waals surface area contributed by atoms with Crippen LogP contribution < -0.4 is 16.0 Å². The van der Waals surface area contributed by atoms with Gasteiger partial charge in [0.1, 0.15) is 0 Å². The molecule has 0 aromatic heterocycles. The second kappa shape index (κ2) is 14.3. The van der Waals surface area contributed by atoms with Gasteiger partial charge in [0, 0.05) is 24.5 Å². The molecule has 1 aliphatic carbocycles. The highest BCUT2D eigenvalue weighted by atomic mass is 35.5. The molecule has 40 heavy (non-hydrogen) atoms. The van der Waals surface area contributed by atoms with Gasteiger partial charge in [-0.1, -0.05) is 64.4 Å². The fourth-order valence-corrected chi connectivity index (χ4v) is 5.35. The molecule has 1 saturated carbocycles. The van der Waals surface area contributed by atoms with E-state index in [0.29, 0.717) is 32.2 Å². The van der Waals surface area contributed by atoms with Gasteiger partial charge in [-0.05, 0) is 55.4 Å². The molecule has 6 nitrogen and oxygen atoms in total. The third kappa shape index (κ3) is 8.94. The Balaban J connectivity index is 0.000000428. The van der Waals surface area contributed by atoms with E-state index in [1.165, 1.54) is 30.3 Å². The van der Waals surface area contributed by atoms with Crippen LogP contribution in [0.4, 0.5) is 18.9 Å². The Bertz CT molecular complexity index is 1150. The Morgan fingerprint density at radius 1 is 1.12 bits per heavy atom. The quantitative estimate of drug-likeness (QED) is 0.306. The Labute approximate surface area is 240 Å². The predicted molar refractivity (Wildman–Crippen MR) is 153 cm³/mol. The summed E-state index contributed by atoms with van der Waals surface area (Å²) in [6.07, 6.45) is 2.69. The lowest BCUT2D eigenvalue weighted by molar-refractivity contribution is -0.120. The fourth-order valence-electron chi connectivity index (χ4n) is 5.18. The maximum absolute atomic E-state index is 14.5. The van der Waals surface area contributed by atoms with Crippen molar-refractivity contribution < 1.29 is 27.9 Å². The zero-order chi connectivity index (χ0) is 30.3. The van der Waals surface area contributed by atoms with Crippen LogP contribution in [0.5, 0.6) is 0 Å². The molecule has 1 saturated heterocycles. The van der Waals surface area contributed by atoms with Crippen LogP contribution in [0.15, 0.2) is 36.4 Å². The minimum Gasteiger partial charge on any atom is -0.390 e. The molecule has 222 valence electrons. The highest BCUT2D eigenvalue weighted by molar-refractivity contribution is 6.31. The third-order valence-electron chi connectivity index (χ3n) is 6.87. The Morgan fingerprint density at radius 3 is 2.33 bits per heavy atom. The van der Waals surface area contributed by atoms with Gasteiger partial charge in [-0.15, -0.1) is 0 Å². The standard InChI is InChI=1S/C22H24ClF3N2O.C6H11NO2.C2H6/c1-22(2,3)10-17-18(21(29)28-16-9-5-7-14(23)20(16)26)13(11-27-17)12-6-4-8-15(24)19(12)25;1-6(9)2-5(3-6)7-4-8;1-2/h4-9,13,17-18,27H,10-11H2,1-3H3,(H,28,29);4-5,9H,2-3H2,1H3,(H,7,8);1-2H3. The van der Waals surface area contributed by atoms with Gasteiger partial charge in [0.05, 0.1) is 22.2 Å². The summed E-state index contributed by atoms with van der Waals surface area (Å²) in [7, 11) is 0. The van der Waals surface area contributed by atoms with Gasteiger partial charge >= 0.3 is 0 Å². The molecule has 2 aliphatic rings. The first-order valence-electron chi connectivity index (χ1n) is 13.6. The van der Waals surface area contributed by atoms with Crippen LogP contribution in [0, 0.1) is 28.8 Å². The second-order valence-electron chi connectivity index (χ2n) is 11.5. The predicted octanol–water partition coefficient (Wildman–Crippen LogP) is 6.18. The molecule has 2 fully saturated rings. The van der Waals surface area contributed by atoms with Gasteiger partial charge < -0.3 is 21.1 Å². The van der Waals surface area contributed by atoms with E-state index >= 15 is 0 Å². The van der Waals surface area contributed by atoms with Gasteiger partial charge in [-0.25, -0.2) is 13.2 Å². The summed E-state index contributed by atoms with van der Waals surface area (Å²) < 4.78 is 42.6. The summed E-state index contributed by atoms with van der Waals surface area (Å²) in [5.74, 6) is -4.39. The van der Waals surface area contributed by atoms with Gasteiger partial charge in [0.25, 0.3) is 0 Å². The fraction of sp³-hybridized carbons (Fsp3) is 0.533. The number of aliphatic hydroxyl groups is 1. The zero-order valence-electron chi connectivity index (χ0n) is 24.0. The monoisotopic (exact) mass is 583 g/mol. The molecule has 0 bridgehead atoms. The number of rotatable bonds is 6. The van der Waals surface area contributed by atoms with Crippen molar-refractivity contribution in [3.63, 3.8) is 0 Å². The molecule has 4 N–H and O–H groups in total. The highest BCUT2D eigenvalue weighted by Crippen LogP contribution is 2.39. The van der Waals surface area contributed by atoms with Crippen molar-refractivity contribution in [1.82, 2.24) is 10.6 Å². The van der Waals surface area contributed by atoms with Gasteiger partial charge in [-0.2, -0.15) is 0 Å². The molecular formula is C30H41ClF3N3O3. The van der Waals surface area contributed by atoms with Crippen LogP contribution in [0.3, 0.4) is 0 Å². The van der Waals surface area contributed by atoms with Crippen LogP contribution in [0.25, 0.3) is 0 Å². The molecule has 0 radical (unpaired) electrons. The first-order chi connectivity index (χ1) is 18.7. The Morgan fingerprint density at radius 2 is 1.75 bits per heavy atom. The molecular weight excluding hydrogens is 543 g/mol. The normalized spacial score (nSPS) is 25.4. The maximum atomic E-state index is 14.5. The lowest BCUT2D eigenvalue weighted by Gasteiger charge is -2.40. The van der Waals surface area contributed by atoms with E-state index in [4.69, 9.17) is 16.7 Å². The number of carbonyl (C=O) groups is 2. The van der Waals surface area contributed by atoms with E-state index in [0.717, 1.165) is 6.07 Å². The van der Waals surface area contributed by atoms with E-state index < -0.39 is 40.8 Å². The molecule has 3 atom stereocenters. The number of hydrogen-bond donors (Lipinski definition) is 4. The summed E-state index contributed by atoms with van der Waals surface area (Å²) in [6.45, 7) is 12.2. The van der Waals surface area contributed by atoms with E-state index in [1.807, 2.05) is 34.6 Å². The zero-order valence-corrected chi connectivity index (χ0v) is 24.7. The molecule has 1 heterocycles. The summed E-state index contributed by atoms with van der Waals surface area (Å²) in [5.41, 5.74) is -0.531. The van der Waals surface area contributed by atoms with E-state index in [9.17, 15) is 22.8 Å². The molecule has 2 aromatic carbocycles. The molecule has 4 rings (SSSR count). The van der Waals surface area contributed by atoms with Crippen molar-refractivity contribution in [2.75, 3.05) is 11.9 Å². The number of hydrogen-bond acceptors (Lipinski definition) is 4. The van der Waals surface area contributed by atoms with E-state index in [2.05, 4.69) is 16.0 Å². The first kappa shape index (κ1) is 33.6. The third-order valence-corrected chi connectivity index (χ3v) is 7.16. The maximum Gasteiger partial charge on any atom is 0.229 e. The van der Waals surface area contributed by atoms with Crippen LogP contribution in [0.1, 0.15) is 72.3 Å². The number of amides is 2. The number of carbonyl (C=O) groups excluding carboxylic acids is 2. The molecule has 2 amide bonds. The summed E-state index contributed by atoms with van der Waals surface area (Å²) >= 11 is 5.81. The molecule has 3 unspecified atom stereocenters. The Hall–Kier alpha value is -2.62. The van der Waals surface area contributed by atoms with Crippen molar-refractivity contribution in [3.8, 4) is 0 Å². The number of nitrogens with one attached hydrogen (secondary N) is 3. The van der Waals surface area contributed by atoms with Gasteiger partial charge in [0.15, 0.2) is 17.5 Å². The molecule has 0 spiro atoms. The van der Waals surface area contributed by atoms with Gasteiger partial charge in [0.2, 0.25) is 12.3 Å². The van der Waals surface area contributed by atoms with Gasteiger partial charge in [-0.3, -0.25) is 9.59 Å². The van der Waals surface area contributed by atoms with Crippen LogP contribution in [0.2, 0.25) is 5.02 Å². The number of halogens is 4. The molecule has 2 aromatic rings. The number of anilines is 1. The minimum absolute atomic E-state index is 0.0395. The summed E-state index contributed by atoms with van der Waals surface area (Å²) in [5, 5.41) is 17.5. The first-order valence-corrected chi connectivity index (χ1v) is 13.9. The highest BCUT2D eigenvalue weighted by Gasteiger charge is 2.44. The lowest BCUT2D eigenvalue weighted by Crippen LogP contribution is -2.51. The van der Waals surface area contributed by atoms with Crippen molar-refractivity contribution in [2.45, 2.75) is 84.4 Å².